The first kappa shape index (κ1) is 12.5. The molecule has 1 aliphatic heterocycles. The highest BCUT2D eigenvalue weighted by molar-refractivity contribution is 5.76. The van der Waals surface area contributed by atoms with E-state index in [1.807, 2.05) is 4.90 Å². The van der Waals surface area contributed by atoms with Crippen LogP contribution in [-0.4, -0.2) is 36.5 Å². The van der Waals surface area contributed by atoms with Crippen molar-refractivity contribution >= 4 is 5.91 Å². The van der Waals surface area contributed by atoms with E-state index < -0.39 is 0 Å². The first-order valence-corrected chi connectivity index (χ1v) is 6.02. The SMILES string of the molecule is CC1CN(C(=O)CC(C)C(C)C)CCN1. The number of rotatable bonds is 3. The van der Waals surface area contributed by atoms with Gasteiger partial charge in [0.2, 0.25) is 5.91 Å². The van der Waals surface area contributed by atoms with Crippen molar-refractivity contribution in [3.63, 3.8) is 0 Å². The summed E-state index contributed by atoms with van der Waals surface area (Å²) in [4.78, 5) is 14.0. The monoisotopic (exact) mass is 212 g/mol. The van der Waals surface area contributed by atoms with Gasteiger partial charge in [-0.3, -0.25) is 4.79 Å². The molecule has 0 spiro atoms. The maximum atomic E-state index is 12.0. The molecule has 0 aliphatic carbocycles. The molecule has 1 aliphatic rings. The molecule has 0 radical (unpaired) electrons. The Bertz CT molecular complexity index is 216. The average molecular weight is 212 g/mol. The van der Waals surface area contributed by atoms with Crippen LogP contribution in [0.1, 0.15) is 34.1 Å². The molecule has 1 fully saturated rings. The van der Waals surface area contributed by atoms with Crippen molar-refractivity contribution in [2.24, 2.45) is 11.8 Å². The second-order valence-corrected chi connectivity index (χ2v) is 5.12. The third kappa shape index (κ3) is 3.82. The Morgan fingerprint density at radius 2 is 2.13 bits per heavy atom. The highest BCUT2D eigenvalue weighted by Crippen LogP contribution is 2.15. The van der Waals surface area contributed by atoms with Gasteiger partial charge in [-0.25, -0.2) is 0 Å². The molecule has 1 rings (SSSR count). The van der Waals surface area contributed by atoms with Crippen molar-refractivity contribution in [3.05, 3.63) is 0 Å². The zero-order valence-corrected chi connectivity index (χ0v) is 10.4. The fourth-order valence-electron chi connectivity index (χ4n) is 1.80. The fraction of sp³-hybridized carbons (Fsp3) is 0.917. The number of hydrogen-bond donors (Lipinski definition) is 1. The molecule has 2 atom stereocenters. The second-order valence-electron chi connectivity index (χ2n) is 5.12. The third-order valence-corrected chi connectivity index (χ3v) is 3.36. The summed E-state index contributed by atoms with van der Waals surface area (Å²) >= 11 is 0. The van der Waals surface area contributed by atoms with Crippen molar-refractivity contribution in [2.75, 3.05) is 19.6 Å². The van der Waals surface area contributed by atoms with Crippen LogP contribution < -0.4 is 5.32 Å². The Balaban J connectivity index is 2.39. The van der Waals surface area contributed by atoms with Crippen LogP contribution in [0.2, 0.25) is 0 Å². The lowest BCUT2D eigenvalue weighted by molar-refractivity contribution is -0.133. The van der Waals surface area contributed by atoms with Crippen LogP contribution in [0.4, 0.5) is 0 Å². The summed E-state index contributed by atoms with van der Waals surface area (Å²) in [6.07, 6.45) is 0.699. The minimum atomic E-state index is 0.324. The Morgan fingerprint density at radius 1 is 1.47 bits per heavy atom. The molecule has 1 saturated heterocycles. The van der Waals surface area contributed by atoms with Gasteiger partial charge >= 0.3 is 0 Å². The predicted octanol–water partition coefficient (Wildman–Crippen LogP) is 1.49. The van der Waals surface area contributed by atoms with Crippen LogP contribution in [-0.2, 0) is 4.79 Å². The topological polar surface area (TPSA) is 32.3 Å². The van der Waals surface area contributed by atoms with E-state index in [-0.39, 0.29) is 0 Å². The van der Waals surface area contributed by atoms with Crippen LogP contribution in [0.3, 0.4) is 0 Å². The number of nitrogens with one attached hydrogen (secondary N) is 1. The van der Waals surface area contributed by atoms with E-state index in [1.54, 1.807) is 0 Å². The number of amides is 1. The first-order chi connectivity index (χ1) is 7.00. The van der Waals surface area contributed by atoms with E-state index in [9.17, 15) is 4.79 Å². The Morgan fingerprint density at radius 3 is 2.67 bits per heavy atom. The van der Waals surface area contributed by atoms with E-state index in [1.165, 1.54) is 0 Å². The minimum absolute atomic E-state index is 0.324. The van der Waals surface area contributed by atoms with E-state index >= 15 is 0 Å². The van der Waals surface area contributed by atoms with Crippen LogP contribution in [0.15, 0.2) is 0 Å². The molecule has 2 unspecified atom stereocenters. The molecule has 88 valence electrons. The van der Waals surface area contributed by atoms with E-state index in [4.69, 9.17) is 0 Å². The molecule has 0 saturated carbocycles. The summed E-state index contributed by atoms with van der Waals surface area (Å²) in [7, 11) is 0. The molecular formula is C12H24N2O. The summed E-state index contributed by atoms with van der Waals surface area (Å²) in [6, 6.07) is 0.442. The summed E-state index contributed by atoms with van der Waals surface area (Å²) in [5, 5.41) is 3.35. The average Bonchev–Trinajstić information content (AvgIpc) is 2.17. The fourth-order valence-corrected chi connectivity index (χ4v) is 1.80. The maximum Gasteiger partial charge on any atom is 0.222 e. The Labute approximate surface area is 93.2 Å². The van der Waals surface area contributed by atoms with Crippen LogP contribution >= 0.6 is 0 Å². The Hall–Kier alpha value is -0.570. The van der Waals surface area contributed by atoms with Crippen molar-refractivity contribution < 1.29 is 4.79 Å². The summed E-state index contributed by atoms with van der Waals surface area (Å²) in [5.41, 5.74) is 0. The largest absolute Gasteiger partial charge is 0.340 e. The summed E-state index contributed by atoms with van der Waals surface area (Å²) in [5.74, 6) is 1.40. The molecule has 0 aromatic heterocycles. The predicted molar refractivity (Wildman–Crippen MR) is 62.7 cm³/mol. The van der Waals surface area contributed by atoms with Gasteiger partial charge in [-0.2, -0.15) is 0 Å². The van der Waals surface area contributed by atoms with Crippen molar-refractivity contribution in [3.8, 4) is 0 Å². The molecular weight excluding hydrogens is 188 g/mol. The number of carbonyl (C=O) groups is 1. The zero-order chi connectivity index (χ0) is 11.4. The molecule has 0 aromatic rings. The highest BCUT2D eigenvalue weighted by atomic mass is 16.2. The lowest BCUT2D eigenvalue weighted by Crippen LogP contribution is -2.51. The molecule has 3 nitrogen and oxygen atoms in total. The van der Waals surface area contributed by atoms with Gasteiger partial charge in [-0.15, -0.1) is 0 Å². The third-order valence-electron chi connectivity index (χ3n) is 3.36. The van der Waals surface area contributed by atoms with Crippen LogP contribution in [0.25, 0.3) is 0 Å². The van der Waals surface area contributed by atoms with Gasteiger partial charge in [0, 0.05) is 32.1 Å². The minimum Gasteiger partial charge on any atom is -0.340 e. The number of hydrogen-bond acceptors (Lipinski definition) is 2. The maximum absolute atomic E-state index is 12.0. The number of carbonyl (C=O) groups excluding carboxylic acids is 1. The van der Waals surface area contributed by atoms with Gasteiger partial charge in [-0.05, 0) is 18.8 Å². The molecule has 3 heteroatoms. The molecule has 1 N–H and O–H groups in total. The summed E-state index contributed by atoms with van der Waals surface area (Å²) in [6.45, 7) is 11.3. The molecule has 1 heterocycles. The van der Waals surface area contributed by atoms with E-state index in [2.05, 4.69) is 33.0 Å². The molecule has 15 heavy (non-hydrogen) atoms. The lowest BCUT2D eigenvalue weighted by Gasteiger charge is -2.33. The van der Waals surface area contributed by atoms with Crippen molar-refractivity contribution in [2.45, 2.75) is 40.2 Å². The van der Waals surface area contributed by atoms with Crippen LogP contribution in [0, 0.1) is 11.8 Å². The van der Waals surface area contributed by atoms with Crippen molar-refractivity contribution in [1.29, 1.82) is 0 Å². The van der Waals surface area contributed by atoms with E-state index in [0.717, 1.165) is 19.6 Å². The van der Waals surface area contributed by atoms with Gasteiger partial charge in [0.25, 0.3) is 0 Å². The standard InChI is InChI=1S/C12H24N2O/c1-9(2)10(3)7-12(15)14-6-5-13-11(4)8-14/h9-11,13H,5-8H2,1-4H3. The van der Waals surface area contributed by atoms with Gasteiger partial charge < -0.3 is 10.2 Å². The number of nitrogens with zero attached hydrogens (tertiary/aromatic N) is 1. The van der Waals surface area contributed by atoms with Gasteiger partial charge in [0.1, 0.15) is 0 Å². The van der Waals surface area contributed by atoms with Gasteiger partial charge in [-0.1, -0.05) is 20.8 Å². The zero-order valence-electron chi connectivity index (χ0n) is 10.4. The van der Waals surface area contributed by atoms with E-state index in [0.29, 0.717) is 30.2 Å². The lowest BCUT2D eigenvalue weighted by atomic mass is 9.94. The second kappa shape index (κ2) is 5.50. The first-order valence-electron chi connectivity index (χ1n) is 6.02. The van der Waals surface area contributed by atoms with Crippen LogP contribution in [0.5, 0.6) is 0 Å². The smallest absolute Gasteiger partial charge is 0.222 e. The Kier molecular flexibility index (Phi) is 4.58. The summed E-state index contributed by atoms with van der Waals surface area (Å²) < 4.78 is 0. The molecule has 1 amide bonds. The molecule has 0 aromatic carbocycles. The van der Waals surface area contributed by atoms with Crippen molar-refractivity contribution in [1.82, 2.24) is 10.2 Å². The number of piperazine rings is 1. The highest BCUT2D eigenvalue weighted by Gasteiger charge is 2.22. The normalized spacial score (nSPS) is 24.3. The van der Waals surface area contributed by atoms with Gasteiger partial charge in [0.15, 0.2) is 0 Å². The quantitative estimate of drug-likeness (QED) is 0.768. The van der Waals surface area contributed by atoms with Gasteiger partial charge in [0.05, 0.1) is 0 Å². The molecule has 0 bridgehead atoms.